The molecule has 0 aromatic heterocycles. The van der Waals surface area contributed by atoms with Crippen LogP contribution in [0.15, 0.2) is 10.2 Å². The molecule has 0 saturated heterocycles. The Balaban J connectivity index is 0.770. The number of ketones is 2. The highest BCUT2D eigenvalue weighted by molar-refractivity contribution is 5.83. The Bertz CT molecular complexity index is 1540. The van der Waals surface area contributed by atoms with E-state index in [1.165, 1.54) is 70.6 Å². The molecule has 12 heteroatoms. The van der Waals surface area contributed by atoms with Crippen LogP contribution in [0.1, 0.15) is 257 Å². The van der Waals surface area contributed by atoms with Gasteiger partial charge in [-0.3, -0.25) is 14.4 Å². The lowest BCUT2D eigenvalue weighted by atomic mass is 9.75. The average Bonchev–Trinajstić information content (AvgIpc) is 3.43. The summed E-state index contributed by atoms with van der Waals surface area (Å²) in [5, 5.41) is 18.4. The molecule has 0 heterocycles. The number of nitriles is 1. The molecule has 3 unspecified atom stereocenters. The third-order valence-electron chi connectivity index (χ3n) is 17.6. The fraction of sp³-hybridized carbons (Fsp3) is 0.935. The monoisotopic (exact) mass is 1040 g/mol. The summed E-state index contributed by atoms with van der Waals surface area (Å²) in [5.74, 6) is 0.800. The van der Waals surface area contributed by atoms with Crippen LogP contribution in [0.4, 0.5) is 0 Å². The number of hydrogen-bond donors (Lipinski definition) is 0. The van der Waals surface area contributed by atoms with Crippen LogP contribution in [-0.4, -0.2) is 101 Å². The molecule has 0 bridgehead atoms. The third-order valence-corrected chi connectivity index (χ3v) is 17.6. The highest BCUT2D eigenvalue weighted by Crippen LogP contribution is 2.36. The standard InChI is InChI=1S/C62H107N3O9/c1-49(66)53-45-54(47-60(46-53)73-43-21-16-15-20-42-72-59-37-31-56(32-38-59)65-64-55-29-23-50(48-63)24-30-55)62(68)74-44-22-14-10-6-5-9-13-19-41-71-58-35-27-52(28-36-58)61(67)51-25-33-57(34-26-51)70-40-18-12-8-4-3-7-11-17-39-69-2/h50-60H,3-47H2,1-2H3. The van der Waals surface area contributed by atoms with E-state index >= 15 is 0 Å². The fourth-order valence-electron chi connectivity index (χ4n) is 12.6. The van der Waals surface area contributed by atoms with Crippen LogP contribution >= 0.6 is 0 Å². The van der Waals surface area contributed by atoms with Crippen LogP contribution in [0.3, 0.4) is 0 Å². The minimum absolute atomic E-state index is 0.0706. The molecule has 5 fully saturated rings. The zero-order valence-corrected chi connectivity index (χ0v) is 47.2. The number of azo groups is 1. The van der Waals surface area contributed by atoms with Crippen molar-refractivity contribution in [2.45, 2.75) is 294 Å². The predicted molar refractivity (Wildman–Crippen MR) is 293 cm³/mol. The van der Waals surface area contributed by atoms with Crippen molar-refractivity contribution in [2.24, 2.45) is 39.8 Å². The number of esters is 1. The highest BCUT2D eigenvalue weighted by Gasteiger charge is 2.37. The highest BCUT2D eigenvalue weighted by atomic mass is 16.5. The summed E-state index contributed by atoms with van der Waals surface area (Å²) >= 11 is 0. The Morgan fingerprint density at radius 3 is 1.16 bits per heavy atom. The largest absolute Gasteiger partial charge is 0.465 e. The first-order valence-corrected chi connectivity index (χ1v) is 31.3. The summed E-state index contributed by atoms with van der Waals surface area (Å²) in [6, 6.07) is 3.03. The second-order valence-corrected chi connectivity index (χ2v) is 23.7. The molecule has 0 N–H and O–H groups in total. The van der Waals surface area contributed by atoms with Crippen molar-refractivity contribution in [1.29, 1.82) is 5.26 Å². The molecule has 0 aromatic carbocycles. The van der Waals surface area contributed by atoms with Crippen LogP contribution in [0.2, 0.25) is 0 Å². The van der Waals surface area contributed by atoms with Crippen LogP contribution in [0.5, 0.6) is 0 Å². The van der Waals surface area contributed by atoms with Gasteiger partial charge in [0.2, 0.25) is 0 Å². The van der Waals surface area contributed by atoms with Gasteiger partial charge in [0.25, 0.3) is 0 Å². The van der Waals surface area contributed by atoms with Gasteiger partial charge >= 0.3 is 5.97 Å². The molecule has 0 aliphatic heterocycles. The maximum atomic E-state index is 13.4. The Morgan fingerprint density at radius 2 is 0.757 bits per heavy atom. The first kappa shape index (κ1) is 62.5. The van der Waals surface area contributed by atoms with E-state index < -0.39 is 0 Å². The third kappa shape index (κ3) is 26.4. The SMILES string of the molecule is COCCCCCCCCCCOC1CCC(C(=O)C2CCC(OCCCCCCCCCCOC(=O)C3CC(OCCCCCCOC4CCC(N=NC5CCC(C#N)CC5)CC4)CC(C(C)=O)C3)CC2)CC1. The van der Waals surface area contributed by atoms with Gasteiger partial charge in [-0.25, -0.2) is 0 Å². The van der Waals surface area contributed by atoms with E-state index in [1.54, 1.807) is 14.0 Å². The Morgan fingerprint density at radius 1 is 0.405 bits per heavy atom. The lowest BCUT2D eigenvalue weighted by Crippen LogP contribution is -2.36. The molecule has 0 radical (unpaired) electrons. The summed E-state index contributed by atoms with van der Waals surface area (Å²) in [4.78, 5) is 39.0. The second kappa shape index (κ2) is 39.1. The van der Waals surface area contributed by atoms with E-state index in [2.05, 4.69) is 16.3 Å². The number of carbonyl (C=O) groups excluding carboxylic acids is 3. The van der Waals surface area contributed by atoms with E-state index in [-0.39, 0.29) is 47.4 Å². The molecule has 5 aliphatic rings. The summed E-state index contributed by atoms with van der Waals surface area (Å²) in [6.07, 6.45) is 42.6. The first-order chi connectivity index (χ1) is 36.3. The molecule has 424 valence electrons. The number of ether oxygens (including phenoxy) is 6. The molecule has 5 aliphatic carbocycles. The Kier molecular flexibility index (Phi) is 33.1. The van der Waals surface area contributed by atoms with Crippen LogP contribution in [0.25, 0.3) is 0 Å². The van der Waals surface area contributed by atoms with E-state index in [1.807, 2.05) is 0 Å². The van der Waals surface area contributed by atoms with Gasteiger partial charge in [-0.15, -0.1) is 0 Å². The molecule has 5 saturated carbocycles. The molecule has 3 atom stereocenters. The second-order valence-electron chi connectivity index (χ2n) is 23.7. The smallest absolute Gasteiger partial charge is 0.309 e. The number of carbonyl (C=O) groups is 3. The van der Waals surface area contributed by atoms with Crippen molar-refractivity contribution in [3.63, 3.8) is 0 Å². The molecule has 74 heavy (non-hydrogen) atoms. The summed E-state index contributed by atoms with van der Waals surface area (Å²) in [6.45, 7) is 6.15. The number of nitrogens with zero attached hydrogens (tertiary/aromatic N) is 3. The first-order valence-electron chi connectivity index (χ1n) is 31.3. The number of unbranched alkanes of at least 4 members (excludes halogenated alkanes) is 17. The van der Waals surface area contributed by atoms with Gasteiger partial charge in [0.05, 0.1) is 55.1 Å². The van der Waals surface area contributed by atoms with Gasteiger partial charge in [-0.2, -0.15) is 15.5 Å². The van der Waals surface area contributed by atoms with Crippen molar-refractivity contribution in [2.75, 3.05) is 46.8 Å². The molecular weight excluding hydrogens is 931 g/mol. The maximum absolute atomic E-state index is 13.4. The van der Waals surface area contributed by atoms with E-state index in [0.717, 1.165) is 187 Å². The van der Waals surface area contributed by atoms with Crippen molar-refractivity contribution in [3.05, 3.63) is 0 Å². The van der Waals surface area contributed by atoms with E-state index in [9.17, 15) is 14.4 Å². The van der Waals surface area contributed by atoms with E-state index in [0.29, 0.717) is 68.7 Å². The van der Waals surface area contributed by atoms with Gasteiger partial charge in [0.1, 0.15) is 11.6 Å². The van der Waals surface area contributed by atoms with Crippen molar-refractivity contribution in [1.82, 2.24) is 0 Å². The number of methoxy groups -OCH3 is 1. The van der Waals surface area contributed by atoms with Crippen molar-refractivity contribution in [3.8, 4) is 6.07 Å². The Hall–Kier alpha value is -2.30. The van der Waals surface area contributed by atoms with Crippen LogP contribution in [0, 0.1) is 40.9 Å². The zero-order chi connectivity index (χ0) is 52.3. The normalized spacial score (nSPS) is 28.7. The van der Waals surface area contributed by atoms with Gasteiger partial charge in [0, 0.05) is 63.8 Å². The quantitative estimate of drug-likeness (QED) is 0.0330. The minimum Gasteiger partial charge on any atom is -0.465 e. The summed E-state index contributed by atoms with van der Waals surface area (Å²) in [5.41, 5.74) is 0. The molecular formula is C62H107N3O9. The van der Waals surface area contributed by atoms with Gasteiger partial charge in [0.15, 0.2) is 0 Å². The lowest BCUT2D eigenvalue weighted by molar-refractivity contribution is -0.153. The topological polar surface area (TPSA) is 155 Å². The number of Topliss-reactive ketones (excluding diaryl/α,β-unsaturated/α-hetero) is 2. The molecule has 0 spiro atoms. The molecule has 0 amide bonds. The van der Waals surface area contributed by atoms with Crippen LogP contribution in [-0.2, 0) is 42.8 Å². The van der Waals surface area contributed by atoms with Crippen molar-refractivity contribution < 1.29 is 42.8 Å². The molecule has 12 nitrogen and oxygen atoms in total. The number of rotatable bonds is 39. The maximum Gasteiger partial charge on any atom is 0.309 e. The fourth-order valence-corrected chi connectivity index (χ4v) is 12.6. The van der Waals surface area contributed by atoms with E-state index in [4.69, 9.17) is 33.7 Å². The summed E-state index contributed by atoms with van der Waals surface area (Å²) < 4.78 is 35.9. The van der Waals surface area contributed by atoms with Gasteiger partial charge in [-0.05, 0) is 167 Å². The number of hydrogen-bond acceptors (Lipinski definition) is 12. The minimum atomic E-state index is -0.265. The molecule has 0 aromatic rings. The summed E-state index contributed by atoms with van der Waals surface area (Å²) in [7, 11) is 1.78. The lowest BCUT2D eigenvalue weighted by Gasteiger charge is -2.33. The predicted octanol–water partition coefficient (Wildman–Crippen LogP) is 15.0. The van der Waals surface area contributed by atoms with Crippen LogP contribution < -0.4 is 0 Å². The average molecular weight is 1040 g/mol. The van der Waals surface area contributed by atoms with Gasteiger partial charge in [-0.1, -0.05) is 89.9 Å². The van der Waals surface area contributed by atoms with Crippen molar-refractivity contribution >= 4 is 17.5 Å². The zero-order valence-electron chi connectivity index (χ0n) is 47.2. The Labute approximate surface area is 450 Å². The molecule has 5 rings (SSSR count). The van der Waals surface area contributed by atoms with Gasteiger partial charge < -0.3 is 28.4 Å².